The predicted octanol–water partition coefficient (Wildman–Crippen LogP) is 3.66. The van der Waals surface area contributed by atoms with E-state index in [1.54, 1.807) is 0 Å². The van der Waals surface area contributed by atoms with Crippen LogP contribution in [0, 0.1) is 12.8 Å². The van der Waals surface area contributed by atoms with Gasteiger partial charge in [0.25, 0.3) is 0 Å². The first-order valence-corrected chi connectivity index (χ1v) is 4.43. The first kappa shape index (κ1) is 9.05. The van der Waals surface area contributed by atoms with Gasteiger partial charge in [-0.15, -0.1) is 0 Å². The predicted molar refractivity (Wildman–Crippen MR) is 55.1 cm³/mol. The Morgan fingerprint density at radius 3 is 2.17 bits per heavy atom. The molecule has 64 valence electrons. The van der Waals surface area contributed by atoms with Crippen LogP contribution < -0.4 is 0 Å². The minimum atomic E-state index is 0.631. The van der Waals surface area contributed by atoms with Crippen molar-refractivity contribution in [2.24, 2.45) is 5.92 Å². The summed E-state index contributed by atoms with van der Waals surface area (Å²) in [5.41, 5.74) is 2.60. The van der Waals surface area contributed by atoms with E-state index in [2.05, 4.69) is 57.2 Å². The number of allylic oxidation sites excluding steroid dienone is 1. The molecule has 0 saturated carbocycles. The van der Waals surface area contributed by atoms with Crippen molar-refractivity contribution in [3.8, 4) is 0 Å². The second-order valence-electron chi connectivity index (χ2n) is 3.51. The van der Waals surface area contributed by atoms with E-state index in [9.17, 15) is 0 Å². The molecule has 0 atom stereocenters. The fraction of sp³-hybridized carbons (Fsp3) is 0.333. The molecule has 0 N–H and O–H groups in total. The van der Waals surface area contributed by atoms with Crippen molar-refractivity contribution in [3.05, 3.63) is 41.5 Å². The van der Waals surface area contributed by atoms with E-state index in [1.165, 1.54) is 11.1 Å². The third-order valence-electron chi connectivity index (χ3n) is 1.75. The van der Waals surface area contributed by atoms with Gasteiger partial charge >= 0.3 is 0 Å². The Hall–Kier alpha value is -1.04. The van der Waals surface area contributed by atoms with Gasteiger partial charge in [0.15, 0.2) is 0 Å². The van der Waals surface area contributed by atoms with E-state index >= 15 is 0 Å². The number of hydrogen-bond donors (Lipinski definition) is 0. The van der Waals surface area contributed by atoms with Crippen LogP contribution in [-0.4, -0.2) is 0 Å². The molecule has 0 unspecified atom stereocenters. The van der Waals surface area contributed by atoms with E-state index in [4.69, 9.17) is 0 Å². The van der Waals surface area contributed by atoms with Crippen molar-refractivity contribution in [2.75, 3.05) is 0 Å². The Morgan fingerprint density at radius 2 is 1.67 bits per heavy atom. The zero-order chi connectivity index (χ0) is 8.97. The molecule has 0 spiro atoms. The van der Waals surface area contributed by atoms with Crippen LogP contribution in [-0.2, 0) is 0 Å². The van der Waals surface area contributed by atoms with Crippen LogP contribution in [0.1, 0.15) is 25.0 Å². The zero-order valence-electron chi connectivity index (χ0n) is 8.04. The lowest BCUT2D eigenvalue weighted by Crippen LogP contribution is -1.78. The van der Waals surface area contributed by atoms with Crippen molar-refractivity contribution in [2.45, 2.75) is 20.8 Å². The Morgan fingerprint density at radius 1 is 1.08 bits per heavy atom. The molecule has 0 heterocycles. The van der Waals surface area contributed by atoms with Crippen molar-refractivity contribution < 1.29 is 0 Å². The highest BCUT2D eigenvalue weighted by atomic mass is 13.9. The van der Waals surface area contributed by atoms with Crippen LogP contribution in [0.5, 0.6) is 0 Å². The van der Waals surface area contributed by atoms with Gasteiger partial charge in [-0.1, -0.05) is 55.8 Å². The van der Waals surface area contributed by atoms with E-state index in [0.29, 0.717) is 5.92 Å². The molecule has 0 aromatic heterocycles. The molecule has 0 radical (unpaired) electrons. The second kappa shape index (κ2) is 4.10. The molecule has 1 aromatic carbocycles. The van der Waals surface area contributed by atoms with Gasteiger partial charge in [0.05, 0.1) is 0 Å². The lowest BCUT2D eigenvalue weighted by molar-refractivity contribution is 0.836. The molecule has 0 nitrogen and oxygen atoms in total. The number of aryl methyl sites for hydroxylation is 1. The Labute approximate surface area is 74.9 Å². The van der Waals surface area contributed by atoms with Crippen LogP contribution in [0.25, 0.3) is 6.08 Å². The van der Waals surface area contributed by atoms with Crippen molar-refractivity contribution >= 4 is 6.08 Å². The molecule has 0 saturated heterocycles. The fourth-order valence-electron chi connectivity index (χ4n) is 0.981. The summed E-state index contributed by atoms with van der Waals surface area (Å²) in [5.74, 6) is 0.631. The molecule has 1 aromatic rings. The monoisotopic (exact) mass is 160 g/mol. The Kier molecular flexibility index (Phi) is 3.09. The third-order valence-corrected chi connectivity index (χ3v) is 1.75. The van der Waals surface area contributed by atoms with Gasteiger partial charge in [-0.2, -0.15) is 0 Å². The summed E-state index contributed by atoms with van der Waals surface area (Å²) in [6, 6.07) is 8.57. The number of rotatable bonds is 2. The molecule has 0 bridgehead atoms. The average molecular weight is 160 g/mol. The Balaban J connectivity index is 2.71. The number of hydrogen-bond acceptors (Lipinski definition) is 0. The highest BCUT2D eigenvalue weighted by Crippen LogP contribution is 2.06. The summed E-state index contributed by atoms with van der Waals surface area (Å²) in [7, 11) is 0. The van der Waals surface area contributed by atoms with E-state index in [-0.39, 0.29) is 0 Å². The van der Waals surface area contributed by atoms with Gasteiger partial charge < -0.3 is 0 Å². The van der Waals surface area contributed by atoms with Crippen LogP contribution >= 0.6 is 0 Å². The summed E-state index contributed by atoms with van der Waals surface area (Å²) in [6.07, 6.45) is 4.38. The van der Waals surface area contributed by atoms with Gasteiger partial charge in [-0.3, -0.25) is 0 Å². The molecule has 0 heteroatoms. The lowest BCUT2D eigenvalue weighted by Gasteiger charge is -1.96. The summed E-state index contributed by atoms with van der Waals surface area (Å²) < 4.78 is 0. The quantitative estimate of drug-likeness (QED) is 0.619. The van der Waals surface area contributed by atoms with Gasteiger partial charge in [0, 0.05) is 0 Å². The first-order valence-electron chi connectivity index (χ1n) is 4.43. The molecule has 0 fully saturated rings. The molecular formula is C12H16. The molecule has 0 amide bonds. The topological polar surface area (TPSA) is 0 Å². The van der Waals surface area contributed by atoms with Crippen LogP contribution in [0.15, 0.2) is 30.3 Å². The van der Waals surface area contributed by atoms with Crippen LogP contribution in [0.4, 0.5) is 0 Å². The first-order chi connectivity index (χ1) is 5.68. The molecule has 0 aliphatic carbocycles. The highest BCUT2D eigenvalue weighted by molar-refractivity contribution is 5.49. The highest BCUT2D eigenvalue weighted by Gasteiger charge is 1.87. The minimum absolute atomic E-state index is 0.631. The largest absolute Gasteiger partial charge is 0.0814 e. The van der Waals surface area contributed by atoms with E-state index in [1.807, 2.05) is 0 Å². The maximum atomic E-state index is 2.21. The van der Waals surface area contributed by atoms with Gasteiger partial charge in [0.1, 0.15) is 0 Å². The number of benzene rings is 1. The van der Waals surface area contributed by atoms with Gasteiger partial charge in [-0.25, -0.2) is 0 Å². The van der Waals surface area contributed by atoms with E-state index < -0.39 is 0 Å². The summed E-state index contributed by atoms with van der Waals surface area (Å²) in [5, 5.41) is 0. The van der Waals surface area contributed by atoms with Crippen LogP contribution in [0.3, 0.4) is 0 Å². The molecule has 12 heavy (non-hydrogen) atoms. The fourth-order valence-corrected chi connectivity index (χ4v) is 0.981. The summed E-state index contributed by atoms with van der Waals surface area (Å²) in [4.78, 5) is 0. The normalized spacial score (nSPS) is 11.3. The van der Waals surface area contributed by atoms with Gasteiger partial charge in [-0.05, 0) is 18.4 Å². The summed E-state index contributed by atoms with van der Waals surface area (Å²) in [6.45, 7) is 6.48. The molecular weight excluding hydrogens is 144 g/mol. The maximum absolute atomic E-state index is 2.21. The lowest BCUT2D eigenvalue weighted by atomic mass is 10.1. The molecule has 0 aliphatic heterocycles. The Bertz CT molecular complexity index is 252. The average Bonchev–Trinajstić information content (AvgIpc) is 2.03. The smallest absolute Gasteiger partial charge is 0.0260 e. The minimum Gasteiger partial charge on any atom is -0.0814 e. The van der Waals surface area contributed by atoms with E-state index in [0.717, 1.165) is 0 Å². The molecule has 0 aliphatic rings. The summed E-state index contributed by atoms with van der Waals surface area (Å²) >= 11 is 0. The van der Waals surface area contributed by atoms with Crippen LogP contribution in [0.2, 0.25) is 0 Å². The van der Waals surface area contributed by atoms with Crippen molar-refractivity contribution in [1.82, 2.24) is 0 Å². The van der Waals surface area contributed by atoms with Crippen molar-refractivity contribution in [1.29, 1.82) is 0 Å². The standard InChI is InChI=1S/C12H16/c1-10(2)4-7-12-8-5-11(3)6-9-12/h4-10H,1-3H3/b7-4+. The SMILES string of the molecule is Cc1ccc(/C=C/C(C)C)cc1. The third kappa shape index (κ3) is 2.91. The maximum Gasteiger partial charge on any atom is -0.0260 e. The van der Waals surface area contributed by atoms with Crippen molar-refractivity contribution in [3.63, 3.8) is 0 Å². The second-order valence-corrected chi connectivity index (χ2v) is 3.51. The van der Waals surface area contributed by atoms with Gasteiger partial charge in [0.2, 0.25) is 0 Å². The zero-order valence-corrected chi connectivity index (χ0v) is 8.04. The molecule has 1 rings (SSSR count).